The summed E-state index contributed by atoms with van der Waals surface area (Å²) in [4.78, 5) is 2.16. The Bertz CT molecular complexity index is 460. The van der Waals surface area contributed by atoms with Gasteiger partial charge in [-0.2, -0.15) is 5.26 Å². The molecule has 17 heavy (non-hydrogen) atoms. The molecule has 0 aliphatic heterocycles. The third-order valence-corrected chi connectivity index (χ3v) is 3.88. The predicted octanol–water partition coefficient (Wildman–Crippen LogP) is 3.16. The number of hydrogen-bond donors (Lipinski definition) is 1. The van der Waals surface area contributed by atoms with Gasteiger partial charge in [0.2, 0.25) is 0 Å². The Morgan fingerprint density at radius 1 is 1.53 bits per heavy atom. The van der Waals surface area contributed by atoms with E-state index < -0.39 is 0 Å². The molecular formula is C13H16BrN3. The minimum absolute atomic E-state index is 0.211. The smallest absolute Gasteiger partial charge is 0.0628 e. The summed E-state index contributed by atoms with van der Waals surface area (Å²) in [5.74, 6) is 0. The van der Waals surface area contributed by atoms with E-state index in [0.29, 0.717) is 6.42 Å². The molecule has 1 aliphatic rings. The molecular weight excluding hydrogens is 278 g/mol. The Hall–Kier alpha value is -1.21. The zero-order valence-electron chi connectivity index (χ0n) is 9.91. The van der Waals surface area contributed by atoms with Gasteiger partial charge in [0.25, 0.3) is 0 Å². The Balaban J connectivity index is 2.10. The van der Waals surface area contributed by atoms with Crippen molar-refractivity contribution < 1.29 is 0 Å². The van der Waals surface area contributed by atoms with Crippen LogP contribution < -0.4 is 10.6 Å². The normalized spacial score (nSPS) is 16.3. The molecule has 0 heterocycles. The summed E-state index contributed by atoms with van der Waals surface area (Å²) in [5.41, 5.74) is 8.02. The maximum atomic E-state index is 8.82. The van der Waals surface area contributed by atoms with E-state index in [4.69, 9.17) is 11.0 Å². The molecule has 0 spiro atoms. The quantitative estimate of drug-likeness (QED) is 0.868. The van der Waals surface area contributed by atoms with E-state index >= 15 is 0 Å². The molecule has 0 saturated heterocycles. The molecule has 3 nitrogen and oxygen atoms in total. The molecule has 1 aromatic rings. The van der Waals surface area contributed by atoms with Crippen LogP contribution in [-0.2, 0) is 0 Å². The lowest BCUT2D eigenvalue weighted by Gasteiger charge is -2.25. The van der Waals surface area contributed by atoms with Crippen LogP contribution in [0.1, 0.15) is 19.3 Å². The molecule has 0 radical (unpaired) electrons. The summed E-state index contributed by atoms with van der Waals surface area (Å²) in [6.45, 7) is 0.909. The molecule has 0 atom stereocenters. The van der Waals surface area contributed by atoms with Crippen LogP contribution in [0.2, 0.25) is 0 Å². The van der Waals surface area contributed by atoms with Gasteiger partial charge in [0.15, 0.2) is 0 Å². The number of anilines is 2. The van der Waals surface area contributed by atoms with Crippen molar-refractivity contribution in [1.29, 1.82) is 5.26 Å². The first-order valence-electron chi connectivity index (χ1n) is 5.69. The molecule has 0 amide bonds. The zero-order chi connectivity index (χ0) is 12.5. The predicted molar refractivity (Wildman–Crippen MR) is 73.7 cm³/mol. The van der Waals surface area contributed by atoms with Gasteiger partial charge in [0, 0.05) is 29.9 Å². The molecule has 0 aromatic heterocycles. The fourth-order valence-corrected chi connectivity index (χ4v) is 2.58. The van der Waals surface area contributed by atoms with Crippen molar-refractivity contribution in [3.8, 4) is 6.07 Å². The highest BCUT2D eigenvalue weighted by Crippen LogP contribution is 2.49. The van der Waals surface area contributed by atoms with E-state index in [-0.39, 0.29) is 5.41 Å². The second kappa shape index (κ2) is 4.58. The lowest BCUT2D eigenvalue weighted by molar-refractivity contribution is 0.524. The average Bonchev–Trinajstić information content (AvgIpc) is 2.97. The fraction of sp³-hybridized carbons (Fsp3) is 0.462. The number of hydrogen-bond acceptors (Lipinski definition) is 3. The van der Waals surface area contributed by atoms with Gasteiger partial charge in [-0.3, -0.25) is 0 Å². The Morgan fingerprint density at radius 3 is 2.76 bits per heavy atom. The molecule has 0 unspecified atom stereocenters. The van der Waals surface area contributed by atoms with Crippen LogP contribution in [0.15, 0.2) is 22.7 Å². The van der Waals surface area contributed by atoms with Crippen molar-refractivity contribution in [2.75, 3.05) is 24.2 Å². The summed E-state index contributed by atoms with van der Waals surface area (Å²) in [6, 6.07) is 8.21. The maximum Gasteiger partial charge on any atom is 0.0628 e. The van der Waals surface area contributed by atoms with Crippen LogP contribution in [0.25, 0.3) is 0 Å². The Kier molecular flexibility index (Phi) is 3.30. The third kappa shape index (κ3) is 2.73. The van der Waals surface area contributed by atoms with Crippen LogP contribution in [0, 0.1) is 16.7 Å². The lowest BCUT2D eigenvalue weighted by Crippen LogP contribution is -2.27. The zero-order valence-corrected chi connectivity index (χ0v) is 11.5. The van der Waals surface area contributed by atoms with Gasteiger partial charge in [-0.1, -0.05) is 15.9 Å². The molecule has 1 fully saturated rings. The first-order valence-corrected chi connectivity index (χ1v) is 6.49. The van der Waals surface area contributed by atoms with Crippen molar-refractivity contribution in [1.82, 2.24) is 0 Å². The van der Waals surface area contributed by atoms with Gasteiger partial charge in [-0.15, -0.1) is 0 Å². The first-order chi connectivity index (χ1) is 8.06. The summed E-state index contributed by atoms with van der Waals surface area (Å²) >= 11 is 3.40. The molecule has 1 saturated carbocycles. The fourth-order valence-electron chi connectivity index (χ4n) is 2.20. The largest absolute Gasteiger partial charge is 0.397 e. The van der Waals surface area contributed by atoms with Crippen LogP contribution in [0.5, 0.6) is 0 Å². The highest BCUT2D eigenvalue weighted by Gasteiger charge is 2.43. The standard InChI is InChI=1S/C13H16BrN3/c1-17(9-13(4-5-13)6-7-15)12-3-2-10(14)8-11(12)16/h2-3,8H,4-6,9,16H2,1H3. The van der Waals surface area contributed by atoms with E-state index in [1.165, 1.54) is 0 Å². The monoisotopic (exact) mass is 293 g/mol. The molecule has 4 heteroatoms. The van der Waals surface area contributed by atoms with E-state index in [2.05, 4.69) is 26.9 Å². The maximum absolute atomic E-state index is 8.82. The summed E-state index contributed by atoms with van der Waals surface area (Å²) in [6.07, 6.45) is 2.95. The van der Waals surface area contributed by atoms with Gasteiger partial charge < -0.3 is 10.6 Å². The van der Waals surface area contributed by atoms with E-state index in [1.807, 2.05) is 25.2 Å². The Morgan fingerprint density at radius 2 is 2.24 bits per heavy atom. The number of nitrogen functional groups attached to an aromatic ring is 1. The van der Waals surface area contributed by atoms with E-state index in [1.54, 1.807) is 0 Å². The second-order valence-corrected chi connectivity index (χ2v) is 5.81. The average molecular weight is 294 g/mol. The SMILES string of the molecule is CN(CC1(CC#N)CC1)c1ccc(Br)cc1N. The van der Waals surface area contributed by atoms with Crippen molar-refractivity contribution in [3.05, 3.63) is 22.7 Å². The van der Waals surface area contributed by atoms with Crippen LogP contribution in [-0.4, -0.2) is 13.6 Å². The minimum Gasteiger partial charge on any atom is -0.397 e. The molecule has 1 aromatic carbocycles. The number of halogens is 1. The molecule has 2 N–H and O–H groups in total. The number of rotatable bonds is 4. The van der Waals surface area contributed by atoms with Gasteiger partial charge in [0.05, 0.1) is 17.4 Å². The number of nitrogens with zero attached hydrogens (tertiary/aromatic N) is 2. The summed E-state index contributed by atoms with van der Waals surface area (Å²) in [5, 5.41) is 8.82. The van der Waals surface area contributed by atoms with Gasteiger partial charge in [-0.05, 0) is 31.0 Å². The van der Waals surface area contributed by atoms with E-state index in [9.17, 15) is 0 Å². The summed E-state index contributed by atoms with van der Waals surface area (Å²) in [7, 11) is 2.04. The minimum atomic E-state index is 0.211. The molecule has 90 valence electrons. The van der Waals surface area contributed by atoms with Crippen LogP contribution >= 0.6 is 15.9 Å². The van der Waals surface area contributed by atoms with Crippen molar-refractivity contribution in [2.45, 2.75) is 19.3 Å². The molecule has 2 rings (SSSR count). The number of benzene rings is 1. The highest BCUT2D eigenvalue weighted by molar-refractivity contribution is 9.10. The number of nitriles is 1. The highest BCUT2D eigenvalue weighted by atomic mass is 79.9. The molecule has 1 aliphatic carbocycles. The molecule has 0 bridgehead atoms. The third-order valence-electron chi connectivity index (χ3n) is 3.38. The summed E-state index contributed by atoms with van der Waals surface area (Å²) < 4.78 is 0.991. The van der Waals surface area contributed by atoms with Gasteiger partial charge in [-0.25, -0.2) is 0 Å². The van der Waals surface area contributed by atoms with E-state index in [0.717, 1.165) is 35.2 Å². The van der Waals surface area contributed by atoms with Crippen molar-refractivity contribution >= 4 is 27.3 Å². The van der Waals surface area contributed by atoms with Crippen molar-refractivity contribution in [3.63, 3.8) is 0 Å². The van der Waals surface area contributed by atoms with Crippen LogP contribution in [0.4, 0.5) is 11.4 Å². The topological polar surface area (TPSA) is 53.0 Å². The van der Waals surface area contributed by atoms with Gasteiger partial charge in [0.1, 0.15) is 0 Å². The van der Waals surface area contributed by atoms with Gasteiger partial charge >= 0.3 is 0 Å². The van der Waals surface area contributed by atoms with Crippen molar-refractivity contribution in [2.24, 2.45) is 5.41 Å². The first kappa shape index (κ1) is 12.3. The Labute approximate surface area is 110 Å². The lowest BCUT2D eigenvalue weighted by atomic mass is 10.0. The van der Waals surface area contributed by atoms with Crippen LogP contribution in [0.3, 0.4) is 0 Å². The second-order valence-electron chi connectivity index (χ2n) is 4.89. The number of nitrogens with two attached hydrogens (primary N) is 1.